The van der Waals surface area contributed by atoms with Gasteiger partial charge in [-0.15, -0.1) is 11.3 Å². The Balaban J connectivity index is 0.932. The van der Waals surface area contributed by atoms with Crippen LogP contribution in [0.5, 0.6) is 0 Å². The molecule has 10 aromatic rings. The Bertz CT molecular complexity index is 3270. The monoisotopic (exact) mass is 752 g/mol. The molecule has 2 atom stereocenters. The number of rotatable bonds is 5. The summed E-state index contributed by atoms with van der Waals surface area (Å²) in [6.07, 6.45) is 8.54. The van der Waals surface area contributed by atoms with Crippen LogP contribution in [0, 0.1) is 0 Å². The van der Waals surface area contributed by atoms with Crippen LogP contribution >= 0.6 is 11.3 Å². The number of para-hydroxylation sites is 2. The molecule has 5 nitrogen and oxygen atoms in total. The van der Waals surface area contributed by atoms with Gasteiger partial charge in [0, 0.05) is 53.0 Å². The minimum atomic E-state index is -0.182. The van der Waals surface area contributed by atoms with Crippen molar-refractivity contribution in [3.63, 3.8) is 0 Å². The van der Waals surface area contributed by atoms with Gasteiger partial charge in [0.1, 0.15) is 29.3 Å². The molecule has 4 heterocycles. The Kier molecular flexibility index (Phi) is 7.37. The van der Waals surface area contributed by atoms with E-state index >= 15 is 0 Å². The van der Waals surface area contributed by atoms with Crippen LogP contribution in [0.2, 0.25) is 0 Å². The van der Waals surface area contributed by atoms with Gasteiger partial charge in [0.15, 0.2) is 0 Å². The van der Waals surface area contributed by atoms with Gasteiger partial charge in [-0.2, -0.15) is 0 Å². The molecule has 0 radical (unpaired) electrons. The minimum absolute atomic E-state index is 0.00535. The van der Waals surface area contributed by atoms with Crippen molar-refractivity contribution in [1.82, 2.24) is 15.2 Å². The van der Waals surface area contributed by atoms with Crippen LogP contribution < -0.4 is 10.6 Å². The molecule has 1 aliphatic carbocycles. The lowest BCUT2D eigenvalue weighted by atomic mass is 9.97. The second kappa shape index (κ2) is 12.9. The summed E-state index contributed by atoms with van der Waals surface area (Å²) in [6, 6.07) is 54.6. The van der Waals surface area contributed by atoms with Gasteiger partial charge in [-0.1, -0.05) is 115 Å². The Morgan fingerprint density at radius 1 is 0.632 bits per heavy atom. The lowest BCUT2D eigenvalue weighted by Crippen LogP contribution is -2.52. The number of nitrogens with one attached hydrogen (secondary N) is 2. The van der Waals surface area contributed by atoms with E-state index in [0.717, 1.165) is 63.0 Å². The Labute approximate surface area is 332 Å². The van der Waals surface area contributed by atoms with Crippen molar-refractivity contribution in [1.29, 1.82) is 0 Å². The molecule has 6 heteroatoms. The first-order chi connectivity index (χ1) is 28.2. The first-order valence-corrected chi connectivity index (χ1v) is 20.5. The lowest BCUT2D eigenvalue weighted by molar-refractivity contribution is 0.429. The molecule has 0 saturated heterocycles. The summed E-state index contributed by atoms with van der Waals surface area (Å²) in [7, 11) is 0. The van der Waals surface area contributed by atoms with Gasteiger partial charge in [0.05, 0.1) is 11.0 Å². The normalized spacial score (nSPS) is 17.2. The summed E-state index contributed by atoms with van der Waals surface area (Å²) >= 11 is 1.85. The minimum Gasteiger partial charge on any atom is -0.456 e. The molecule has 0 bridgehead atoms. The SMILES string of the molecule is C1=CCCC(C2NC(c3ccccc3)=NC(c3ccc4c(c3)sc3cccc(-c5ccc6c(c5)oc5ccc(-n7c8ccccc8c8ccccc87)cc56)c34)N2)=C1. The van der Waals surface area contributed by atoms with E-state index in [2.05, 4.69) is 185 Å². The number of aromatic nitrogens is 1. The predicted octanol–water partition coefficient (Wildman–Crippen LogP) is 13.0. The summed E-state index contributed by atoms with van der Waals surface area (Å²) in [5.74, 6) is 0.919. The Hall–Kier alpha value is -6.73. The van der Waals surface area contributed by atoms with Gasteiger partial charge < -0.3 is 14.3 Å². The van der Waals surface area contributed by atoms with Crippen molar-refractivity contribution in [3.05, 3.63) is 187 Å². The van der Waals surface area contributed by atoms with Crippen molar-refractivity contribution in [2.24, 2.45) is 4.99 Å². The average molecular weight is 753 g/mol. The molecular formula is C51H36N4OS. The summed E-state index contributed by atoms with van der Waals surface area (Å²) in [5, 5.41) is 14.8. The molecule has 0 amide bonds. The fourth-order valence-corrected chi connectivity index (χ4v) is 10.2. The molecule has 0 fully saturated rings. The van der Waals surface area contributed by atoms with Crippen molar-refractivity contribution < 1.29 is 4.42 Å². The number of benzene rings is 7. The first kappa shape index (κ1) is 32.5. The van der Waals surface area contributed by atoms with E-state index < -0.39 is 0 Å². The molecule has 2 unspecified atom stereocenters. The maximum Gasteiger partial charge on any atom is 0.136 e. The van der Waals surface area contributed by atoms with Crippen molar-refractivity contribution in [2.75, 3.05) is 0 Å². The largest absolute Gasteiger partial charge is 0.456 e. The number of hydrogen-bond donors (Lipinski definition) is 2. The predicted molar refractivity (Wildman–Crippen MR) is 239 cm³/mol. The van der Waals surface area contributed by atoms with Gasteiger partial charge in [-0.3, -0.25) is 5.32 Å². The molecule has 7 aromatic carbocycles. The zero-order valence-electron chi connectivity index (χ0n) is 30.9. The topological polar surface area (TPSA) is 54.5 Å². The molecule has 1 aliphatic heterocycles. The molecule has 2 N–H and O–H groups in total. The number of aliphatic imine (C=N–C) groups is 1. The van der Waals surface area contributed by atoms with Gasteiger partial charge in [0.2, 0.25) is 0 Å². The van der Waals surface area contributed by atoms with Crippen LogP contribution in [-0.2, 0) is 0 Å². The van der Waals surface area contributed by atoms with Crippen molar-refractivity contribution >= 4 is 81.1 Å². The van der Waals surface area contributed by atoms with Crippen LogP contribution in [0.25, 0.3) is 80.7 Å². The number of hydrogen-bond acceptors (Lipinski definition) is 5. The number of amidine groups is 1. The third kappa shape index (κ3) is 5.29. The molecule has 3 aromatic heterocycles. The molecular weight excluding hydrogens is 717 g/mol. The molecule has 2 aliphatic rings. The van der Waals surface area contributed by atoms with Crippen LogP contribution in [0.4, 0.5) is 0 Å². The van der Waals surface area contributed by atoms with E-state index in [1.807, 2.05) is 11.3 Å². The van der Waals surface area contributed by atoms with Crippen molar-refractivity contribution in [3.8, 4) is 16.8 Å². The highest BCUT2D eigenvalue weighted by Crippen LogP contribution is 2.43. The van der Waals surface area contributed by atoms with Crippen LogP contribution in [0.3, 0.4) is 0 Å². The number of furan rings is 1. The number of thiophene rings is 1. The quantitative estimate of drug-likeness (QED) is 0.184. The fourth-order valence-electron chi connectivity index (χ4n) is 9.05. The lowest BCUT2D eigenvalue weighted by Gasteiger charge is -2.34. The third-order valence-corrected chi connectivity index (χ3v) is 12.9. The summed E-state index contributed by atoms with van der Waals surface area (Å²) < 4.78 is 11.5. The van der Waals surface area contributed by atoms with Gasteiger partial charge >= 0.3 is 0 Å². The van der Waals surface area contributed by atoms with Gasteiger partial charge in [-0.25, -0.2) is 4.99 Å². The standard InChI is InChI=1S/C51H36N4OS/c1-3-12-31(13-4-1)49-52-50(32-14-5-2-6-15-32)54-51(53-49)34-23-26-40-47(29-34)57-46-21-11-18-36(48(40)46)33-22-25-39-41-30-35(24-27-44(41)56-45(39)28-33)55-42-19-9-7-16-37(42)38-17-8-10-20-43(38)55/h1-5,7-14,16-30,50-51,54H,6,15H2,(H,52,53). The number of fused-ring (bicyclic) bond motifs is 9. The molecule has 0 spiro atoms. The van der Waals surface area contributed by atoms with E-state index in [4.69, 9.17) is 9.41 Å². The average Bonchev–Trinajstić information content (AvgIpc) is 3.95. The molecule has 57 heavy (non-hydrogen) atoms. The smallest absolute Gasteiger partial charge is 0.136 e. The second-order valence-electron chi connectivity index (χ2n) is 15.1. The van der Waals surface area contributed by atoms with E-state index in [9.17, 15) is 0 Å². The Morgan fingerprint density at radius 3 is 2.26 bits per heavy atom. The van der Waals surface area contributed by atoms with Crippen LogP contribution in [0.1, 0.15) is 30.1 Å². The number of allylic oxidation sites excluding steroid dienone is 3. The highest BCUT2D eigenvalue weighted by molar-refractivity contribution is 7.26. The third-order valence-electron chi connectivity index (χ3n) is 11.8. The summed E-state index contributed by atoms with van der Waals surface area (Å²) in [5.41, 5.74) is 11.3. The fraction of sp³-hybridized carbons (Fsp3) is 0.0784. The van der Waals surface area contributed by atoms with Gasteiger partial charge in [0.25, 0.3) is 0 Å². The van der Waals surface area contributed by atoms with Crippen molar-refractivity contribution in [2.45, 2.75) is 25.2 Å². The van der Waals surface area contributed by atoms with Gasteiger partial charge in [-0.05, 0) is 89.7 Å². The highest BCUT2D eigenvalue weighted by atomic mass is 32.1. The highest BCUT2D eigenvalue weighted by Gasteiger charge is 2.27. The zero-order chi connectivity index (χ0) is 37.5. The zero-order valence-corrected chi connectivity index (χ0v) is 31.8. The van der Waals surface area contributed by atoms with Crippen LogP contribution in [-0.4, -0.2) is 16.6 Å². The van der Waals surface area contributed by atoms with E-state index in [0.29, 0.717) is 0 Å². The maximum atomic E-state index is 6.58. The summed E-state index contributed by atoms with van der Waals surface area (Å²) in [4.78, 5) is 5.23. The molecule has 12 rings (SSSR count). The maximum absolute atomic E-state index is 6.58. The first-order valence-electron chi connectivity index (χ1n) is 19.7. The van der Waals surface area contributed by atoms with E-state index in [1.54, 1.807) is 0 Å². The second-order valence-corrected chi connectivity index (χ2v) is 16.2. The molecule has 272 valence electrons. The number of nitrogens with zero attached hydrogens (tertiary/aromatic N) is 2. The Morgan fingerprint density at radius 2 is 1.44 bits per heavy atom. The van der Waals surface area contributed by atoms with Crippen LogP contribution in [0.15, 0.2) is 185 Å². The van der Waals surface area contributed by atoms with E-state index in [-0.39, 0.29) is 12.3 Å². The summed E-state index contributed by atoms with van der Waals surface area (Å²) in [6.45, 7) is 0. The molecule has 0 saturated carbocycles. The van der Waals surface area contributed by atoms with E-state index in [1.165, 1.54) is 53.1 Å².